The first-order valence-corrected chi connectivity index (χ1v) is 9.90. The predicted octanol–water partition coefficient (Wildman–Crippen LogP) is 2.74. The van der Waals surface area contributed by atoms with Crippen LogP contribution in [0.25, 0.3) is 0 Å². The Balaban J connectivity index is 2.14. The smallest absolute Gasteiger partial charge is 0.320 e. The van der Waals surface area contributed by atoms with Crippen molar-refractivity contribution in [2.45, 2.75) is 70.5 Å². The maximum Gasteiger partial charge on any atom is 0.394 e. The molecule has 25 heavy (non-hydrogen) atoms. The highest BCUT2D eigenvalue weighted by Crippen LogP contribution is 2.55. The SMILES string of the molecule is Cc1cn(CCCCCCCCCC(F)(F)P(=O)(O)O)c(=O)[nH]c1=O. The molecule has 3 N–H and O–H groups in total. The third kappa shape index (κ3) is 7.22. The first-order chi connectivity index (χ1) is 11.5. The third-order valence-corrected chi connectivity index (χ3v) is 5.07. The van der Waals surface area contributed by atoms with Gasteiger partial charge in [0.05, 0.1) is 0 Å². The van der Waals surface area contributed by atoms with Crippen LogP contribution in [0.4, 0.5) is 8.78 Å². The van der Waals surface area contributed by atoms with Crippen LogP contribution in [0.15, 0.2) is 15.8 Å². The zero-order valence-electron chi connectivity index (χ0n) is 14.2. The molecule has 10 heteroatoms. The Bertz CT molecular complexity index is 711. The lowest BCUT2D eigenvalue weighted by molar-refractivity contribution is 0.0476. The Morgan fingerprint density at radius 1 is 1.08 bits per heavy atom. The zero-order valence-corrected chi connectivity index (χ0v) is 15.1. The molecule has 1 aromatic rings. The number of aryl methyl sites for hydroxylation is 2. The number of alkyl halides is 2. The lowest BCUT2D eigenvalue weighted by Gasteiger charge is -2.17. The van der Waals surface area contributed by atoms with Gasteiger partial charge in [-0.15, -0.1) is 0 Å². The highest BCUT2D eigenvalue weighted by molar-refractivity contribution is 7.53. The topological polar surface area (TPSA) is 112 Å². The number of H-pyrrole nitrogens is 1. The minimum absolute atomic E-state index is 0.0736. The van der Waals surface area contributed by atoms with Crippen molar-refractivity contribution in [3.05, 3.63) is 32.6 Å². The van der Waals surface area contributed by atoms with E-state index >= 15 is 0 Å². The second-order valence-electron chi connectivity index (χ2n) is 6.20. The second kappa shape index (κ2) is 9.40. The van der Waals surface area contributed by atoms with Gasteiger partial charge in [0.15, 0.2) is 0 Å². The van der Waals surface area contributed by atoms with Crippen molar-refractivity contribution in [2.24, 2.45) is 0 Å². The number of hydrogen-bond donors (Lipinski definition) is 3. The van der Waals surface area contributed by atoms with Crippen LogP contribution in [0.1, 0.15) is 56.9 Å². The van der Waals surface area contributed by atoms with E-state index in [1.54, 1.807) is 6.92 Å². The normalized spacial score (nSPS) is 12.5. The number of nitrogens with one attached hydrogen (secondary N) is 1. The standard InChI is InChI=1S/C15H25F2N2O5P/c1-12-11-19(14(21)18-13(12)20)10-8-6-4-2-3-5-7-9-15(16,17)25(22,23)24/h11H,2-10H2,1H3,(H,18,20,21)(H2,22,23,24). The Morgan fingerprint density at radius 3 is 2.16 bits per heavy atom. The molecule has 0 aromatic carbocycles. The van der Waals surface area contributed by atoms with Crippen LogP contribution in [-0.4, -0.2) is 25.0 Å². The van der Waals surface area contributed by atoms with Crippen molar-refractivity contribution < 1.29 is 23.1 Å². The van der Waals surface area contributed by atoms with E-state index in [2.05, 4.69) is 4.98 Å². The summed E-state index contributed by atoms with van der Waals surface area (Å²) in [5.41, 5.74) is -4.27. The molecule has 0 atom stereocenters. The van der Waals surface area contributed by atoms with Gasteiger partial charge in [-0.1, -0.05) is 32.1 Å². The van der Waals surface area contributed by atoms with Gasteiger partial charge in [0.1, 0.15) is 0 Å². The van der Waals surface area contributed by atoms with E-state index in [-0.39, 0.29) is 12.0 Å². The lowest BCUT2D eigenvalue weighted by Crippen LogP contribution is -2.30. The van der Waals surface area contributed by atoms with Gasteiger partial charge in [-0.3, -0.25) is 14.3 Å². The summed E-state index contributed by atoms with van der Waals surface area (Å²) in [6.07, 6.45) is 5.36. The molecular formula is C15H25F2N2O5P. The largest absolute Gasteiger partial charge is 0.394 e. The summed E-state index contributed by atoms with van der Waals surface area (Å²) in [6.45, 7) is 2.13. The van der Waals surface area contributed by atoms with E-state index in [0.29, 0.717) is 18.5 Å². The minimum Gasteiger partial charge on any atom is -0.320 e. The summed E-state index contributed by atoms with van der Waals surface area (Å²) < 4.78 is 38.1. The first kappa shape index (κ1) is 21.7. The zero-order chi connectivity index (χ0) is 19.1. The Hall–Kier alpha value is -1.31. The number of nitrogens with zero attached hydrogens (tertiary/aromatic N) is 1. The van der Waals surface area contributed by atoms with Crippen molar-refractivity contribution in [2.75, 3.05) is 0 Å². The molecule has 0 spiro atoms. The van der Waals surface area contributed by atoms with E-state index < -0.39 is 25.4 Å². The van der Waals surface area contributed by atoms with Crippen molar-refractivity contribution in [3.63, 3.8) is 0 Å². The van der Waals surface area contributed by atoms with Gasteiger partial charge in [0, 0.05) is 24.7 Å². The molecule has 0 unspecified atom stereocenters. The summed E-state index contributed by atoms with van der Waals surface area (Å²) in [4.78, 5) is 42.1. The highest BCUT2D eigenvalue weighted by atomic mass is 31.2. The molecule has 0 bridgehead atoms. The summed E-state index contributed by atoms with van der Waals surface area (Å²) >= 11 is 0. The molecule has 0 radical (unpaired) electrons. The molecule has 0 saturated heterocycles. The maximum atomic E-state index is 13.0. The minimum atomic E-state index is -5.36. The van der Waals surface area contributed by atoms with Crippen molar-refractivity contribution >= 4 is 7.60 Å². The number of unbranched alkanes of at least 4 members (excludes halogenated alkanes) is 6. The predicted molar refractivity (Wildman–Crippen MR) is 90.0 cm³/mol. The average molecular weight is 382 g/mol. The van der Waals surface area contributed by atoms with Crippen LogP contribution in [-0.2, 0) is 11.1 Å². The average Bonchev–Trinajstić information content (AvgIpc) is 2.49. The molecule has 1 aromatic heterocycles. The molecule has 144 valence electrons. The Kier molecular flexibility index (Phi) is 8.18. The van der Waals surface area contributed by atoms with Gasteiger partial charge in [0.2, 0.25) is 0 Å². The van der Waals surface area contributed by atoms with E-state index in [4.69, 9.17) is 9.79 Å². The van der Waals surface area contributed by atoms with Gasteiger partial charge in [-0.25, -0.2) is 4.79 Å². The van der Waals surface area contributed by atoms with Crippen molar-refractivity contribution in [1.29, 1.82) is 0 Å². The monoisotopic (exact) mass is 382 g/mol. The third-order valence-electron chi connectivity index (χ3n) is 3.99. The number of rotatable bonds is 11. The van der Waals surface area contributed by atoms with Crippen LogP contribution in [0.5, 0.6) is 0 Å². The van der Waals surface area contributed by atoms with Gasteiger partial charge in [-0.2, -0.15) is 8.78 Å². The van der Waals surface area contributed by atoms with Gasteiger partial charge in [0.25, 0.3) is 5.56 Å². The number of aromatic amines is 1. The van der Waals surface area contributed by atoms with Gasteiger partial charge in [-0.05, 0) is 19.8 Å². The van der Waals surface area contributed by atoms with E-state index in [1.807, 2.05) is 0 Å². The molecule has 0 aliphatic rings. The Morgan fingerprint density at radius 2 is 1.60 bits per heavy atom. The van der Waals surface area contributed by atoms with Crippen LogP contribution < -0.4 is 11.2 Å². The second-order valence-corrected chi connectivity index (χ2v) is 7.94. The fourth-order valence-electron chi connectivity index (χ4n) is 2.43. The quantitative estimate of drug-likeness (QED) is 0.402. The fraction of sp³-hybridized carbons (Fsp3) is 0.733. The van der Waals surface area contributed by atoms with Crippen molar-refractivity contribution in [3.8, 4) is 0 Å². The summed E-state index contributed by atoms with van der Waals surface area (Å²) in [5, 5.41) is 0. The van der Waals surface area contributed by atoms with Crippen molar-refractivity contribution in [1.82, 2.24) is 9.55 Å². The van der Waals surface area contributed by atoms with Crippen LogP contribution in [0, 0.1) is 6.92 Å². The highest BCUT2D eigenvalue weighted by Gasteiger charge is 2.47. The molecule has 0 aliphatic carbocycles. The summed E-state index contributed by atoms with van der Waals surface area (Å²) in [5.74, 6) is 0. The number of hydrogen-bond acceptors (Lipinski definition) is 3. The molecule has 1 rings (SSSR count). The van der Waals surface area contributed by atoms with Gasteiger partial charge < -0.3 is 14.4 Å². The molecule has 0 amide bonds. The fourth-order valence-corrected chi connectivity index (χ4v) is 2.88. The number of halogens is 2. The number of aromatic nitrogens is 2. The van der Waals surface area contributed by atoms with E-state index in [0.717, 1.165) is 32.1 Å². The van der Waals surface area contributed by atoms with E-state index in [9.17, 15) is 22.9 Å². The maximum absolute atomic E-state index is 13.0. The van der Waals surface area contributed by atoms with Crippen LogP contribution in [0.2, 0.25) is 0 Å². The lowest BCUT2D eigenvalue weighted by atomic mass is 10.1. The Labute approximate surface area is 144 Å². The summed E-state index contributed by atoms with van der Waals surface area (Å²) in [6, 6.07) is 0. The first-order valence-electron chi connectivity index (χ1n) is 8.28. The van der Waals surface area contributed by atoms with Gasteiger partial charge >= 0.3 is 18.9 Å². The molecule has 0 aliphatic heterocycles. The van der Waals surface area contributed by atoms with Crippen LogP contribution >= 0.6 is 7.60 Å². The summed E-state index contributed by atoms with van der Waals surface area (Å²) in [7, 11) is -5.36. The molecule has 0 fully saturated rings. The van der Waals surface area contributed by atoms with E-state index in [1.165, 1.54) is 10.8 Å². The molecule has 7 nitrogen and oxygen atoms in total. The molecule has 1 heterocycles. The molecular weight excluding hydrogens is 357 g/mol. The van der Waals surface area contributed by atoms with Crippen LogP contribution in [0.3, 0.4) is 0 Å². The molecule has 0 saturated carbocycles.